The first-order chi connectivity index (χ1) is 14.4. The maximum Gasteiger partial charge on any atom is 0.355 e. The van der Waals surface area contributed by atoms with E-state index in [0.717, 1.165) is 5.56 Å². The van der Waals surface area contributed by atoms with Gasteiger partial charge in [-0.25, -0.2) is 13.2 Å². The van der Waals surface area contributed by atoms with E-state index in [1.165, 1.54) is 4.31 Å². The molecule has 1 unspecified atom stereocenters. The van der Waals surface area contributed by atoms with Crippen molar-refractivity contribution in [3.63, 3.8) is 0 Å². The zero-order valence-corrected chi connectivity index (χ0v) is 20.1. The Hall–Kier alpha value is -2.45. The highest BCUT2D eigenvalue weighted by Crippen LogP contribution is 2.26. The van der Waals surface area contributed by atoms with Gasteiger partial charge in [0.05, 0.1) is 17.5 Å². The minimum atomic E-state index is -3.90. The standard InChI is InChI=1S/C23H32N2O5S/c1-8-30-23(27)21-16(5)20(17(6)24-21)22(26)18(7)25(13-14(2)3)31(28,29)19-11-9-15(4)10-12-19/h9-12,14,18,24H,8,13H2,1-7H3. The summed E-state index contributed by atoms with van der Waals surface area (Å²) in [5.74, 6) is -0.891. The predicted octanol–water partition coefficient (Wildman–Crippen LogP) is 4.03. The normalized spacial score (nSPS) is 12.9. The van der Waals surface area contributed by atoms with Gasteiger partial charge in [-0.15, -0.1) is 0 Å². The van der Waals surface area contributed by atoms with Crippen LogP contribution in [0.3, 0.4) is 0 Å². The molecule has 7 nitrogen and oxygen atoms in total. The second-order valence-corrected chi connectivity index (χ2v) is 10.1. The molecule has 0 bridgehead atoms. The summed E-state index contributed by atoms with van der Waals surface area (Å²) in [6.45, 7) is 12.7. The molecule has 0 aliphatic carbocycles. The van der Waals surface area contributed by atoms with Crippen molar-refractivity contribution >= 4 is 21.8 Å². The van der Waals surface area contributed by atoms with E-state index in [-0.39, 0.29) is 35.4 Å². The van der Waals surface area contributed by atoms with Crippen molar-refractivity contribution in [1.82, 2.24) is 9.29 Å². The maximum absolute atomic E-state index is 13.5. The number of rotatable bonds is 9. The van der Waals surface area contributed by atoms with Crippen molar-refractivity contribution in [2.45, 2.75) is 59.4 Å². The number of H-pyrrole nitrogens is 1. The second-order valence-electron chi connectivity index (χ2n) is 8.17. The summed E-state index contributed by atoms with van der Waals surface area (Å²) < 4.78 is 33.1. The van der Waals surface area contributed by atoms with Gasteiger partial charge in [0.15, 0.2) is 5.78 Å². The molecule has 2 rings (SSSR count). The number of sulfonamides is 1. The molecule has 0 aliphatic heterocycles. The Balaban J connectivity index is 2.49. The number of carbonyl (C=O) groups is 2. The summed E-state index contributed by atoms with van der Waals surface area (Å²) in [6.07, 6.45) is 0. The highest BCUT2D eigenvalue weighted by atomic mass is 32.2. The zero-order chi connectivity index (χ0) is 23.5. The lowest BCUT2D eigenvalue weighted by molar-refractivity contribution is 0.0519. The molecule has 0 amide bonds. The fourth-order valence-corrected chi connectivity index (χ4v) is 5.29. The molecule has 1 aromatic carbocycles. The Kier molecular flexibility index (Phi) is 7.83. The van der Waals surface area contributed by atoms with Gasteiger partial charge in [-0.05, 0) is 58.2 Å². The van der Waals surface area contributed by atoms with Gasteiger partial charge in [-0.1, -0.05) is 31.5 Å². The smallest absolute Gasteiger partial charge is 0.355 e. The van der Waals surface area contributed by atoms with Gasteiger partial charge in [0.1, 0.15) is 5.69 Å². The summed E-state index contributed by atoms with van der Waals surface area (Å²) in [4.78, 5) is 28.7. The molecular formula is C23H32N2O5S. The minimum absolute atomic E-state index is 0.0129. The molecule has 0 radical (unpaired) electrons. The van der Waals surface area contributed by atoms with E-state index >= 15 is 0 Å². The van der Waals surface area contributed by atoms with Crippen LogP contribution in [0.25, 0.3) is 0 Å². The number of benzene rings is 1. The summed E-state index contributed by atoms with van der Waals surface area (Å²) in [5.41, 5.74) is 2.46. The number of hydrogen-bond acceptors (Lipinski definition) is 5. The molecule has 8 heteroatoms. The average Bonchev–Trinajstić information content (AvgIpc) is 2.99. The highest BCUT2D eigenvalue weighted by molar-refractivity contribution is 7.89. The Morgan fingerprint density at radius 3 is 2.16 bits per heavy atom. The molecule has 0 aliphatic rings. The van der Waals surface area contributed by atoms with Crippen LogP contribution in [0.1, 0.15) is 65.4 Å². The molecule has 0 saturated heterocycles. The van der Waals surface area contributed by atoms with Gasteiger partial charge in [0.25, 0.3) is 0 Å². The lowest BCUT2D eigenvalue weighted by atomic mass is 10.0. The molecule has 1 aromatic heterocycles. The van der Waals surface area contributed by atoms with Crippen LogP contribution in [0.5, 0.6) is 0 Å². The fraction of sp³-hybridized carbons (Fsp3) is 0.478. The molecule has 170 valence electrons. The van der Waals surface area contributed by atoms with Crippen LogP contribution in [0.4, 0.5) is 0 Å². The first-order valence-corrected chi connectivity index (χ1v) is 11.8. The van der Waals surface area contributed by atoms with Crippen LogP contribution in [-0.2, 0) is 14.8 Å². The summed E-state index contributed by atoms with van der Waals surface area (Å²) in [5, 5.41) is 0. The average molecular weight is 449 g/mol. The number of nitrogens with one attached hydrogen (secondary N) is 1. The van der Waals surface area contributed by atoms with Gasteiger partial charge in [0, 0.05) is 17.8 Å². The van der Waals surface area contributed by atoms with Crippen LogP contribution in [0, 0.1) is 26.7 Å². The number of aryl methyl sites for hydroxylation is 2. The number of aromatic amines is 1. The summed E-state index contributed by atoms with van der Waals surface area (Å²) in [6, 6.07) is 5.64. The second kappa shape index (κ2) is 9.78. The highest BCUT2D eigenvalue weighted by Gasteiger charge is 2.36. The Morgan fingerprint density at radius 2 is 1.65 bits per heavy atom. The van der Waals surface area contributed by atoms with Crippen LogP contribution < -0.4 is 0 Å². The van der Waals surface area contributed by atoms with Crippen molar-refractivity contribution in [1.29, 1.82) is 0 Å². The lowest BCUT2D eigenvalue weighted by Gasteiger charge is -2.29. The topological polar surface area (TPSA) is 96.5 Å². The van der Waals surface area contributed by atoms with E-state index in [1.807, 2.05) is 20.8 Å². The molecule has 0 spiro atoms. The van der Waals surface area contributed by atoms with E-state index in [4.69, 9.17) is 4.74 Å². The molecular weight excluding hydrogens is 416 g/mol. The van der Waals surface area contributed by atoms with Gasteiger partial charge >= 0.3 is 5.97 Å². The van der Waals surface area contributed by atoms with Gasteiger partial charge in [0.2, 0.25) is 10.0 Å². The van der Waals surface area contributed by atoms with E-state index in [9.17, 15) is 18.0 Å². The minimum Gasteiger partial charge on any atom is -0.461 e. The van der Waals surface area contributed by atoms with Crippen LogP contribution in [-0.4, -0.2) is 48.7 Å². The summed E-state index contributed by atoms with van der Waals surface area (Å²) >= 11 is 0. The number of esters is 1. The number of hydrogen-bond donors (Lipinski definition) is 1. The number of ether oxygens (including phenoxy) is 1. The van der Waals surface area contributed by atoms with Crippen molar-refractivity contribution in [2.75, 3.05) is 13.2 Å². The number of ketones is 1. The fourth-order valence-electron chi connectivity index (χ4n) is 3.54. The van der Waals surface area contributed by atoms with Crippen molar-refractivity contribution in [3.8, 4) is 0 Å². The van der Waals surface area contributed by atoms with Crippen LogP contribution in [0.2, 0.25) is 0 Å². The van der Waals surface area contributed by atoms with Gasteiger partial charge in [-0.2, -0.15) is 4.31 Å². The first kappa shape index (κ1) is 24.8. The van der Waals surface area contributed by atoms with E-state index in [2.05, 4.69) is 4.98 Å². The predicted molar refractivity (Wildman–Crippen MR) is 120 cm³/mol. The molecule has 1 N–H and O–H groups in total. The van der Waals surface area contributed by atoms with Crippen LogP contribution in [0.15, 0.2) is 29.2 Å². The van der Waals surface area contributed by atoms with Gasteiger partial charge in [-0.3, -0.25) is 4.79 Å². The SMILES string of the molecule is CCOC(=O)c1[nH]c(C)c(C(=O)C(C)N(CC(C)C)S(=O)(=O)c2ccc(C)cc2)c1C. The Morgan fingerprint density at radius 1 is 1.06 bits per heavy atom. The third kappa shape index (κ3) is 5.25. The van der Waals surface area contributed by atoms with E-state index in [1.54, 1.807) is 52.0 Å². The Labute approximate surface area is 184 Å². The zero-order valence-electron chi connectivity index (χ0n) is 19.3. The number of aromatic nitrogens is 1. The third-order valence-corrected chi connectivity index (χ3v) is 7.10. The molecule has 0 saturated carbocycles. The Bertz CT molecular complexity index is 1050. The maximum atomic E-state index is 13.5. The molecule has 1 heterocycles. The van der Waals surface area contributed by atoms with Gasteiger partial charge < -0.3 is 9.72 Å². The lowest BCUT2D eigenvalue weighted by Crippen LogP contribution is -2.45. The van der Waals surface area contributed by atoms with Crippen molar-refractivity contribution in [3.05, 3.63) is 52.3 Å². The summed E-state index contributed by atoms with van der Waals surface area (Å²) in [7, 11) is -3.90. The number of carbonyl (C=O) groups excluding carboxylic acids is 2. The van der Waals surface area contributed by atoms with Crippen LogP contribution >= 0.6 is 0 Å². The molecule has 1 atom stereocenters. The monoisotopic (exact) mass is 448 g/mol. The molecule has 2 aromatic rings. The number of nitrogens with zero attached hydrogens (tertiary/aromatic N) is 1. The molecule has 0 fully saturated rings. The number of Topliss-reactive ketones (excluding diaryl/α,β-unsaturated/α-hetero) is 1. The first-order valence-electron chi connectivity index (χ1n) is 10.4. The van der Waals surface area contributed by atoms with Crippen molar-refractivity contribution < 1.29 is 22.7 Å². The van der Waals surface area contributed by atoms with Crippen molar-refractivity contribution in [2.24, 2.45) is 5.92 Å². The van der Waals surface area contributed by atoms with E-state index < -0.39 is 22.0 Å². The quantitative estimate of drug-likeness (QED) is 0.461. The van der Waals surface area contributed by atoms with E-state index in [0.29, 0.717) is 16.8 Å². The molecule has 31 heavy (non-hydrogen) atoms. The third-order valence-electron chi connectivity index (χ3n) is 5.15. The largest absolute Gasteiger partial charge is 0.461 e.